The number of benzene rings is 2. The number of alkyl halides is 3. The van der Waals surface area contributed by atoms with Crippen molar-refractivity contribution in [1.29, 1.82) is 0 Å². The van der Waals surface area contributed by atoms with E-state index < -0.39 is 56.9 Å². The number of hydrogen-bond donors (Lipinski definition) is 2. The van der Waals surface area contributed by atoms with E-state index in [0.29, 0.717) is 12.1 Å². The van der Waals surface area contributed by atoms with Gasteiger partial charge in [-0.05, 0) is 35.9 Å². The molecule has 2 aromatic rings. The van der Waals surface area contributed by atoms with E-state index in [-0.39, 0.29) is 5.56 Å². The summed E-state index contributed by atoms with van der Waals surface area (Å²) in [4.78, 5) is 24.3. The highest BCUT2D eigenvalue weighted by atomic mass is 32.2. The number of hydrogen-bond acceptors (Lipinski definition) is 4. The Morgan fingerprint density at radius 1 is 1.13 bits per heavy atom. The van der Waals surface area contributed by atoms with E-state index in [1.54, 1.807) is 0 Å². The molecule has 1 unspecified atom stereocenters. The molecular weight excluding hydrogens is 430 g/mol. The minimum Gasteiger partial charge on any atom is -0.368 e. The van der Waals surface area contributed by atoms with Crippen molar-refractivity contribution < 1.29 is 35.6 Å². The maximum atomic E-state index is 13.4. The van der Waals surface area contributed by atoms with E-state index in [2.05, 4.69) is 0 Å². The van der Waals surface area contributed by atoms with Gasteiger partial charge in [-0.15, -0.1) is 0 Å². The predicted molar refractivity (Wildman–Crippen MR) is 97.7 cm³/mol. The van der Waals surface area contributed by atoms with Crippen molar-refractivity contribution in [1.82, 2.24) is 9.62 Å². The van der Waals surface area contributed by atoms with Crippen LogP contribution in [0.4, 0.5) is 17.6 Å². The zero-order chi connectivity index (χ0) is 22.7. The summed E-state index contributed by atoms with van der Waals surface area (Å²) in [5.41, 5.74) is 4.18. The van der Waals surface area contributed by atoms with Gasteiger partial charge >= 0.3 is 6.18 Å². The Morgan fingerprint density at radius 2 is 1.77 bits per heavy atom. The number of carbonyl (C=O) groups is 2. The SMILES string of the molecule is CN(C(=O)CNS(=O)(=O)c1cccc(C(F)(F)F)c1)C(C(N)=O)c1cccc(F)c1. The molecule has 30 heavy (non-hydrogen) atoms. The number of amides is 2. The summed E-state index contributed by atoms with van der Waals surface area (Å²) in [5, 5.41) is 0. The van der Waals surface area contributed by atoms with Gasteiger partial charge in [0.25, 0.3) is 0 Å². The third-order valence-electron chi connectivity index (χ3n) is 4.10. The Hall–Kier alpha value is -2.99. The molecule has 162 valence electrons. The quantitative estimate of drug-likeness (QED) is 0.631. The zero-order valence-corrected chi connectivity index (χ0v) is 16.3. The normalized spacial score (nSPS) is 13.0. The van der Waals surface area contributed by atoms with Crippen molar-refractivity contribution >= 4 is 21.8 Å². The molecule has 0 heterocycles. The Bertz CT molecular complexity index is 1060. The van der Waals surface area contributed by atoms with Gasteiger partial charge in [-0.1, -0.05) is 18.2 Å². The topological polar surface area (TPSA) is 110 Å². The van der Waals surface area contributed by atoms with Crippen molar-refractivity contribution in [2.45, 2.75) is 17.1 Å². The Balaban J connectivity index is 2.18. The number of carbonyl (C=O) groups excluding carboxylic acids is 2. The van der Waals surface area contributed by atoms with Gasteiger partial charge in [0.1, 0.15) is 11.9 Å². The third-order valence-corrected chi connectivity index (χ3v) is 5.50. The van der Waals surface area contributed by atoms with Crippen LogP contribution < -0.4 is 10.5 Å². The van der Waals surface area contributed by atoms with Crippen molar-refractivity contribution in [3.63, 3.8) is 0 Å². The van der Waals surface area contributed by atoms with Crippen LogP contribution in [0.25, 0.3) is 0 Å². The standard InChI is InChI=1S/C18H17F4N3O4S/c1-25(16(17(23)27)11-4-2-6-13(19)8-11)15(26)10-24-30(28,29)14-7-3-5-12(9-14)18(20,21)22/h2-9,16,24H,10H2,1H3,(H2,23,27). The first kappa shape index (κ1) is 23.3. The maximum Gasteiger partial charge on any atom is 0.416 e. The fourth-order valence-corrected chi connectivity index (χ4v) is 3.62. The number of nitrogens with one attached hydrogen (secondary N) is 1. The van der Waals surface area contributed by atoms with Gasteiger partial charge in [-0.25, -0.2) is 17.5 Å². The largest absolute Gasteiger partial charge is 0.416 e. The molecule has 1 atom stereocenters. The second kappa shape index (κ2) is 8.79. The van der Waals surface area contributed by atoms with Crippen LogP contribution in [0.5, 0.6) is 0 Å². The number of nitrogens with zero attached hydrogens (tertiary/aromatic N) is 1. The number of sulfonamides is 1. The molecule has 3 N–H and O–H groups in total. The molecule has 0 saturated heterocycles. The molecule has 0 spiro atoms. The van der Waals surface area contributed by atoms with Crippen LogP contribution in [0.15, 0.2) is 53.4 Å². The molecule has 12 heteroatoms. The van der Waals surface area contributed by atoms with E-state index >= 15 is 0 Å². The predicted octanol–water partition coefficient (Wildman–Crippen LogP) is 1.81. The summed E-state index contributed by atoms with van der Waals surface area (Å²) < 4.78 is 78.2. The smallest absolute Gasteiger partial charge is 0.368 e. The fraction of sp³-hybridized carbons (Fsp3) is 0.222. The molecule has 0 aliphatic rings. The number of halogens is 4. The molecule has 2 aromatic carbocycles. The molecule has 0 aliphatic heterocycles. The van der Waals surface area contributed by atoms with Crippen LogP contribution in [-0.2, 0) is 25.8 Å². The van der Waals surface area contributed by atoms with E-state index in [1.165, 1.54) is 12.1 Å². The molecule has 0 aliphatic carbocycles. The monoisotopic (exact) mass is 447 g/mol. The average Bonchev–Trinajstić information content (AvgIpc) is 2.65. The van der Waals surface area contributed by atoms with Crippen molar-refractivity contribution in [2.24, 2.45) is 5.73 Å². The molecule has 0 radical (unpaired) electrons. The van der Waals surface area contributed by atoms with Gasteiger partial charge in [0.05, 0.1) is 17.0 Å². The van der Waals surface area contributed by atoms with Crippen molar-refractivity contribution in [3.05, 3.63) is 65.5 Å². The molecule has 2 rings (SSSR count). The molecule has 0 bridgehead atoms. The maximum absolute atomic E-state index is 13.4. The second-order valence-corrected chi connectivity index (χ2v) is 7.98. The zero-order valence-electron chi connectivity index (χ0n) is 15.5. The molecular formula is C18H17F4N3O4S. The summed E-state index contributed by atoms with van der Waals surface area (Å²) in [5.74, 6) is -2.58. The lowest BCUT2D eigenvalue weighted by Gasteiger charge is -2.26. The van der Waals surface area contributed by atoms with Gasteiger partial charge in [0, 0.05) is 7.05 Å². The molecule has 0 aromatic heterocycles. The first-order chi connectivity index (χ1) is 13.8. The van der Waals surface area contributed by atoms with E-state index in [0.717, 1.165) is 36.2 Å². The van der Waals surface area contributed by atoms with E-state index in [1.807, 2.05) is 4.72 Å². The Kier molecular flexibility index (Phi) is 6.83. The summed E-state index contributed by atoms with van der Waals surface area (Å²) in [7, 11) is -3.31. The van der Waals surface area contributed by atoms with Crippen LogP contribution >= 0.6 is 0 Å². The first-order valence-corrected chi connectivity index (χ1v) is 9.78. The lowest BCUT2D eigenvalue weighted by atomic mass is 10.0. The Labute approximate surface area is 169 Å². The molecule has 7 nitrogen and oxygen atoms in total. The first-order valence-electron chi connectivity index (χ1n) is 8.30. The molecule has 2 amide bonds. The minimum absolute atomic E-state index is 0.0686. The second-order valence-electron chi connectivity index (χ2n) is 6.21. The van der Waals surface area contributed by atoms with E-state index in [9.17, 15) is 35.6 Å². The number of primary amides is 1. The fourth-order valence-electron chi connectivity index (χ4n) is 2.60. The highest BCUT2D eigenvalue weighted by Gasteiger charge is 2.32. The molecule has 0 fully saturated rings. The van der Waals surface area contributed by atoms with Crippen molar-refractivity contribution in [2.75, 3.05) is 13.6 Å². The van der Waals surface area contributed by atoms with Gasteiger partial charge in [0.15, 0.2) is 0 Å². The van der Waals surface area contributed by atoms with Crippen LogP contribution in [-0.4, -0.2) is 38.7 Å². The van der Waals surface area contributed by atoms with Crippen molar-refractivity contribution in [3.8, 4) is 0 Å². The summed E-state index contributed by atoms with van der Waals surface area (Å²) in [6, 6.07) is 6.36. The third kappa shape index (κ3) is 5.54. The van der Waals surface area contributed by atoms with E-state index in [4.69, 9.17) is 5.73 Å². The van der Waals surface area contributed by atoms with Crippen LogP contribution in [0.2, 0.25) is 0 Å². The summed E-state index contributed by atoms with van der Waals surface area (Å²) in [6.07, 6.45) is -4.75. The number of nitrogens with two attached hydrogens (primary N) is 1. The van der Waals surface area contributed by atoms with Gasteiger partial charge < -0.3 is 10.6 Å². The summed E-state index contributed by atoms with van der Waals surface area (Å²) in [6.45, 7) is -0.867. The number of likely N-dealkylation sites (N-methyl/N-ethyl adjacent to an activating group) is 1. The van der Waals surface area contributed by atoms with Crippen LogP contribution in [0.1, 0.15) is 17.2 Å². The van der Waals surface area contributed by atoms with Crippen LogP contribution in [0.3, 0.4) is 0 Å². The highest BCUT2D eigenvalue weighted by Crippen LogP contribution is 2.30. The summed E-state index contributed by atoms with van der Waals surface area (Å²) >= 11 is 0. The van der Waals surface area contributed by atoms with Gasteiger partial charge in [-0.3, -0.25) is 9.59 Å². The average molecular weight is 447 g/mol. The van der Waals surface area contributed by atoms with Gasteiger partial charge in [0.2, 0.25) is 21.8 Å². The Morgan fingerprint density at radius 3 is 2.33 bits per heavy atom. The van der Waals surface area contributed by atoms with Crippen LogP contribution in [0, 0.1) is 5.82 Å². The van der Waals surface area contributed by atoms with Gasteiger partial charge in [-0.2, -0.15) is 13.2 Å². The highest BCUT2D eigenvalue weighted by molar-refractivity contribution is 7.89. The minimum atomic E-state index is -4.75. The lowest BCUT2D eigenvalue weighted by molar-refractivity contribution is -0.137. The lowest BCUT2D eigenvalue weighted by Crippen LogP contribution is -2.44. The molecule has 0 saturated carbocycles. The number of rotatable bonds is 7.